The lowest BCUT2D eigenvalue weighted by Gasteiger charge is -2.12. The molecule has 0 spiro atoms. The van der Waals surface area contributed by atoms with E-state index in [1.807, 2.05) is 36.4 Å². The van der Waals surface area contributed by atoms with Crippen molar-refractivity contribution in [2.75, 3.05) is 13.7 Å². The van der Waals surface area contributed by atoms with Crippen molar-refractivity contribution in [3.05, 3.63) is 59.7 Å². The minimum absolute atomic E-state index is 0.501. The number of hydrogen-bond acceptors (Lipinski definition) is 4. The molecule has 0 bridgehead atoms. The summed E-state index contributed by atoms with van der Waals surface area (Å²) in [7, 11) is 1.63. The summed E-state index contributed by atoms with van der Waals surface area (Å²) in [5.74, 6) is 1.44. The summed E-state index contributed by atoms with van der Waals surface area (Å²) in [6.07, 6.45) is 1.22. The molecule has 2 aromatic carbocycles. The van der Waals surface area contributed by atoms with Gasteiger partial charge in [0, 0.05) is 19.5 Å². The molecule has 0 atom stereocenters. The Balaban J connectivity index is 1.90. The maximum Gasteiger partial charge on any atom is 0.161 e. The molecule has 0 saturated carbocycles. The van der Waals surface area contributed by atoms with E-state index in [-0.39, 0.29) is 0 Å². The van der Waals surface area contributed by atoms with Gasteiger partial charge in [0.1, 0.15) is 0 Å². The normalized spacial score (nSPS) is 10.1. The highest BCUT2D eigenvalue weighted by Gasteiger charge is 2.06. The molecule has 1 N–H and O–H groups in total. The summed E-state index contributed by atoms with van der Waals surface area (Å²) >= 11 is 0. The standard InChI is InChI=1S/C19H22N2O2/c1-22-18-10-9-17(13-19(18)23-12-6-5-11-20)15-21-14-16-7-3-2-4-8-16/h2-4,7-10,13,21H,5-6,12,14-15H2,1H3. The van der Waals surface area contributed by atoms with Gasteiger partial charge in [0.05, 0.1) is 19.8 Å². The van der Waals surface area contributed by atoms with Gasteiger partial charge < -0.3 is 14.8 Å². The van der Waals surface area contributed by atoms with Crippen molar-refractivity contribution in [2.24, 2.45) is 0 Å². The average molecular weight is 310 g/mol. The fourth-order valence-electron chi connectivity index (χ4n) is 2.22. The molecule has 4 heteroatoms. The van der Waals surface area contributed by atoms with Crippen molar-refractivity contribution < 1.29 is 9.47 Å². The molecule has 0 amide bonds. The van der Waals surface area contributed by atoms with Crippen LogP contribution in [0.4, 0.5) is 0 Å². The first-order valence-electron chi connectivity index (χ1n) is 7.75. The van der Waals surface area contributed by atoms with Crippen molar-refractivity contribution in [1.82, 2.24) is 5.32 Å². The molecule has 0 aliphatic rings. The van der Waals surface area contributed by atoms with E-state index in [1.54, 1.807) is 7.11 Å². The third kappa shape index (κ3) is 5.65. The zero-order chi connectivity index (χ0) is 16.3. The summed E-state index contributed by atoms with van der Waals surface area (Å²) in [6, 6.07) is 18.3. The Morgan fingerprint density at radius 2 is 1.78 bits per heavy atom. The fraction of sp³-hybridized carbons (Fsp3) is 0.316. The van der Waals surface area contributed by atoms with Gasteiger partial charge in [0.15, 0.2) is 11.5 Å². The highest BCUT2D eigenvalue weighted by molar-refractivity contribution is 5.43. The lowest BCUT2D eigenvalue weighted by atomic mass is 10.2. The van der Waals surface area contributed by atoms with Crippen molar-refractivity contribution in [2.45, 2.75) is 25.9 Å². The van der Waals surface area contributed by atoms with Gasteiger partial charge in [-0.2, -0.15) is 5.26 Å². The van der Waals surface area contributed by atoms with Crippen molar-refractivity contribution >= 4 is 0 Å². The van der Waals surface area contributed by atoms with Gasteiger partial charge in [-0.25, -0.2) is 0 Å². The van der Waals surface area contributed by atoms with Crippen LogP contribution in [0.25, 0.3) is 0 Å². The Morgan fingerprint density at radius 3 is 2.52 bits per heavy atom. The first-order chi connectivity index (χ1) is 11.3. The van der Waals surface area contributed by atoms with Gasteiger partial charge in [-0.1, -0.05) is 36.4 Å². The Bertz CT molecular complexity index is 636. The summed E-state index contributed by atoms with van der Waals surface area (Å²) in [5.41, 5.74) is 2.39. The highest BCUT2D eigenvalue weighted by atomic mass is 16.5. The predicted octanol–water partition coefficient (Wildman–Crippen LogP) is 3.67. The number of nitrogens with zero attached hydrogens (tertiary/aromatic N) is 1. The average Bonchev–Trinajstić information content (AvgIpc) is 2.60. The number of unbranched alkanes of at least 4 members (excludes halogenated alkanes) is 1. The van der Waals surface area contributed by atoms with E-state index in [4.69, 9.17) is 14.7 Å². The molecule has 23 heavy (non-hydrogen) atoms. The van der Waals surface area contributed by atoms with Crippen LogP contribution >= 0.6 is 0 Å². The number of rotatable bonds is 9. The molecule has 0 aliphatic carbocycles. The Labute approximate surface area is 137 Å². The van der Waals surface area contributed by atoms with Gasteiger partial charge in [0.2, 0.25) is 0 Å². The fourth-order valence-corrected chi connectivity index (χ4v) is 2.22. The van der Waals surface area contributed by atoms with Crippen molar-refractivity contribution in [3.8, 4) is 17.6 Å². The van der Waals surface area contributed by atoms with Crippen LogP contribution in [-0.2, 0) is 13.1 Å². The molecule has 0 heterocycles. The number of hydrogen-bond donors (Lipinski definition) is 1. The van der Waals surface area contributed by atoms with Gasteiger partial charge in [-0.15, -0.1) is 0 Å². The van der Waals surface area contributed by atoms with E-state index >= 15 is 0 Å². The zero-order valence-electron chi connectivity index (χ0n) is 13.4. The number of methoxy groups -OCH3 is 1. The van der Waals surface area contributed by atoms with Gasteiger partial charge in [-0.05, 0) is 29.7 Å². The smallest absolute Gasteiger partial charge is 0.161 e. The third-order valence-electron chi connectivity index (χ3n) is 3.42. The van der Waals surface area contributed by atoms with E-state index in [9.17, 15) is 0 Å². The summed E-state index contributed by atoms with van der Waals surface area (Å²) < 4.78 is 11.1. The Hall–Kier alpha value is -2.51. The summed E-state index contributed by atoms with van der Waals surface area (Å²) in [6.45, 7) is 2.10. The maximum absolute atomic E-state index is 8.56. The molecule has 0 fully saturated rings. The van der Waals surface area contributed by atoms with Gasteiger partial charge in [0.25, 0.3) is 0 Å². The van der Waals surface area contributed by atoms with Crippen molar-refractivity contribution in [1.29, 1.82) is 5.26 Å². The van der Waals surface area contributed by atoms with Crippen LogP contribution in [0.15, 0.2) is 48.5 Å². The molecular weight excluding hydrogens is 288 g/mol. The molecule has 0 aromatic heterocycles. The first kappa shape index (κ1) is 16.9. The zero-order valence-corrected chi connectivity index (χ0v) is 13.4. The predicted molar refractivity (Wildman–Crippen MR) is 90.3 cm³/mol. The van der Waals surface area contributed by atoms with E-state index in [2.05, 4.69) is 23.5 Å². The quantitative estimate of drug-likeness (QED) is 0.718. The van der Waals surface area contributed by atoms with Crippen LogP contribution in [0.5, 0.6) is 11.5 Å². The second-order valence-corrected chi connectivity index (χ2v) is 5.18. The van der Waals surface area contributed by atoms with Crippen LogP contribution in [0.3, 0.4) is 0 Å². The molecule has 0 radical (unpaired) electrons. The first-order valence-corrected chi connectivity index (χ1v) is 7.75. The van der Waals surface area contributed by atoms with E-state index in [0.717, 1.165) is 30.8 Å². The van der Waals surface area contributed by atoms with Crippen LogP contribution in [0, 0.1) is 11.3 Å². The monoisotopic (exact) mass is 310 g/mol. The molecule has 2 rings (SSSR count). The molecule has 4 nitrogen and oxygen atoms in total. The Kier molecular flexibility index (Phi) is 6.96. The third-order valence-corrected chi connectivity index (χ3v) is 3.42. The maximum atomic E-state index is 8.56. The summed E-state index contributed by atoms with van der Waals surface area (Å²) in [4.78, 5) is 0. The molecule has 2 aromatic rings. The largest absolute Gasteiger partial charge is 0.493 e. The Morgan fingerprint density at radius 1 is 1.00 bits per heavy atom. The number of ether oxygens (including phenoxy) is 2. The van der Waals surface area contributed by atoms with Crippen molar-refractivity contribution in [3.63, 3.8) is 0 Å². The van der Waals surface area contributed by atoms with E-state index in [0.29, 0.717) is 18.8 Å². The lowest BCUT2D eigenvalue weighted by Crippen LogP contribution is -2.12. The molecule has 0 unspecified atom stereocenters. The van der Waals surface area contributed by atoms with Crippen LogP contribution in [-0.4, -0.2) is 13.7 Å². The highest BCUT2D eigenvalue weighted by Crippen LogP contribution is 2.28. The minimum atomic E-state index is 0.501. The second-order valence-electron chi connectivity index (χ2n) is 5.18. The molecular formula is C19H22N2O2. The molecule has 0 saturated heterocycles. The number of nitrogens with one attached hydrogen (secondary N) is 1. The van der Waals surface area contributed by atoms with Crippen LogP contribution in [0.2, 0.25) is 0 Å². The minimum Gasteiger partial charge on any atom is -0.493 e. The van der Waals surface area contributed by atoms with Gasteiger partial charge in [-0.3, -0.25) is 0 Å². The lowest BCUT2D eigenvalue weighted by molar-refractivity contribution is 0.290. The topological polar surface area (TPSA) is 54.3 Å². The van der Waals surface area contributed by atoms with Crippen LogP contribution in [0.1, 0.15) is 24.0 Å². The SMILES string of the molecule is COc1ccc(CNCc2ccccc2)cc1OCCCC#N. The van der Waals surface area contributed by atoms with E-state index in [1.165, 1.54) is 5.56 Å². The second kappa shape index (κ2) is 9.50. The molecule has 120 valence electrons. The van der Waals surface area contributed by atoms with Crippen LogP contribution < -0.4 is 14.8 Å². The number of benzene rings is 2. The summed E-state index contributed by atoms with van der Waals surface area (Å²) in [5, 5.41) is 12.0. The van der Waals surface area contributed by atoms with E-state index < -0.39 is 0 Å². The van der Waals surface area contributed by atoms with Gasteiger partial charge >= 0.3 is 0 Å². The number of nitriles is 1. The molecule has 0 aliphatic heterocycles.